The third kappa shape index (κ3) is 15.5. The van der Waals surface area contributed by atoms with Gasteiger partial charge in [-0.3, -0.25) is 9.59 Å². The summed E-state index contributed by atoms with van der Waals surface area (Å²) in [5.74, 6) is -2.01. The Morgan fingerprint density at radius 3 is 2.07 bits per heavy atom. The number of esters is 1. The first-order chi connectivity index (χ1) is 12.4. The Bertz CT molecular complexity index is 534. The molecule has 0 saturated carbocycles. The molecule has 27 heavy (non-hydrogen) atoms. The van der Waals surface area contributed by atoms with Gasteiger partial charge in [0.1, 0.15) is 6.61 Å². The van der Waals surface area contributed by atoms with Gasteiger partial charge in [-0.15, -0.1) is 0 Å². The molecular formula is C19H27NaO7. The Morgan fingerprint density at radius 2 is 1.63 bits per heavy atom. The molecule has 1 rings (SSSR count). The van der Waals surface area contributed by atoms with Crippen LogP contribution in [0.3, 0.4) is 0 Å². The van der Waals surface area contributed by atoms with Crippen LogP contribution in [-0.2, 0) is 35.0 Å². The van der Waals surface area contributed by atoms with E-state index in [9.17, 15) is 19.5 Å². The molecule has 1 aromatic rings. The number of hydrogen-bond acceptors (Lipinski definition) is 7. The van der Waals surface area contributed by atoms with Crippen molar-refractivity contribution in [3.8, 4) is 0 Å². The number of benzene rings is 1. The van der Waals surface area contributed by atoms with E-state index in [0.717, 1.165) is 12.0 Å². The maximum atomic E-state index is 12.0. The first-order valence-electron chi connectivity index (χ1n) is 8.34. The number of carboxylic acids is 1. The van der Waals surface area contributed by atoms with Gasteiger partial charge in [0, 0.05) is 20.6 Å². The van der Waals surface area contributed by atoms with Gasteiger partial charge in [-0.2, -0.15) is 0 Å². The van der Waals surface area contributed by atoms with E-state index in [1.807, 2.05) is 37.3 Å². The topological polar surface area (TPSA) is 102 Å². The minimum atomic E-state index is -1.18. The number of aliphatic carboxylic acids is 1. The van der Waals surface area contributed by atoms with E-state index < -0.39 is 11.9 Å². The van der Waals surface area contributed by atoms with E-state index in [2.05, 4.69) is 4.74 Å². The Kier molecular flexibility index (Phi) is 18.8. The molecule has 0 aliphatic rings. The fraction of sp³-hybridized carbons (Fsp3) is 0.526. The van der Waals surface area contributed by atoms with E-state index in [0.29, 0.717) is 13.0 Å². The molecule has 1 unspecified atom stereocenters. The fourth-order valence-electron chi connectivity index (χ4n) is 2.07. The molecule has 0 spiro atoms. The van der Waals surface area contributed by atoms with Crippen LogP contribution in [0.5, 0.6) is 0 Å². The molecule has 0 amide bonds. The van der Waals surface area contributed by atoms with Gasteiger partial charge in [0.05, 0.1) is 25.1 Å². The molecule has 0 bridgehead atoms. The average molecular weight is 390 g/mol. The Hall–Kier alpha value is -1.25. The van der Waals surface area contributed by atoms with Crippen molar-refractivity contribution >= 4 is 17.7 Å². The third-order valence-corrected chi connectivity index (χ3v) is 3.15. The predicted molar refractivity (Wildman–Crippen MR) is 93.3 cm³/mol. The molecule has 0 N–H and O–H groups in total. The van der Waals surface area contributed by atoms with Crippen molar-refractivity contribution in [1.29, 1.82) is 0 Å². The number of carbonyl (C=O) groups excluding carboxylic acids is 3. The Balaban J connectivity index is 0. The monoisotopic (exact) mass is 390 g/mol. The fourth-order valence-corrected chi connectivity index (χ4v) is 2.07. The molecule has 146 valence electrons. The third-order valence-electron chi connectivity index (χ3n) is 3.15. The number of ketones is 1. The molecule has 0 aromatic heterocycles. The molecule has 0 aliphatic carbocycles. The molecule has 1 aromatic carbocycles. The van der Waals surface area contributed by atoms with Gasteiger partial charge < -0.3 is 24.1 Å². The molecule has 0 radical (unpaired) electrons. The van der Waals surface area contributed by atoms with Gasteiger partial charge in [-0.05, 0) is 18.4 Å². The zero-order chi connectivity index (χ0) is 19.8. The summed E-state index contributed by atoms with van der Waals surface area (Å²) in [5.41, 5.74) is 1.02. The number of Topliss-reactive ketones (excluding diaryl/α,β-unsaturated/α-hetero) is 1. The van der Waals surface area contributed by atoms with Crippen molar-refractivity contribution in [2.75, 3.05) is 34.0 Å². The first kappa shape index (κ1) is 28.0. The number of ether oxygens (including phenoxy) is 3. The molecule has 1 atom stereocenters. The van der Waals surface area contributed by atoms with Crippen molar-refractivity contribution in [2.24, 2.45) is 5.92 Å². The van der Waals surface area contributed by atoms with Crippen LogP contribution in [0, 0.1) is 5.92 Å². The smallest absolute Gasteiger partial charge is 0.548 e. The van der Waals surface area contributed by atoms with Crippen molar-refractivity contribution in [3.05, 3.63) is 35.9 Å². The number of carbonyl (C=O) groups is 3. The maximum Gasteiger partial charge on any atom is 1.00 e. The minimum absolute atomic E-state index is 0. The summed E-state index contributed by atoms with van der Waals surface area (Å²) in [7, 11) is 2.77. The van der Waals surface area contributed by atoms with Crippen LogP contribution in [0.1, 0.15) is 25.3 Å². The second kappa shape index (κ2) is 18.1. The summed E-state index contributed by atoms with van der Waals surface area (Å²) < 4.78 is 14.1. The van der Waals surface area contributed by atoms with Gasteiger partial charge in [-0.25, -0.2) is 0 Å². The summed E-state index contributed by atoms with van der Waals surface area (Å²) >= 11 is 0. The van der Waals surface area contributed by atoms with Crippen LogP contribution in [-0.4, -0.2) is 51.8 Å². The summed E-state index contributed by atoms with van der Waals surface area (Å²) in [6.07, 6.45) is 1.44. The second-order valence-electron chi connectivity index (χ2n) is 5.53. The van der Waals surface area contributed by atoms with Crippen molar-refractivity contribution in [1.82, 2.24) is 0 Å². The largest absolute Gasteiger partial charge is 1.00 e. The number of methoxy groups -OCH3 is 2. The summed E-state index contributed by atoms with van der Waals surface area (Å²) in [4.78, 5) is 33.1. The van der Waals surface area contributed by atoms with Crippen molar-refractivity contribution in [2.45, 2.75) is 26.2 Å². The van der Waals surface area contributed by atoms with Gasteiger partial charge in [0.2, 0.25) is 0 Å². The van der Waals surface area contributed by atoms with Crippen molar-refractivity contribution < 1.29 is 63.3 Å². The average Bonchev–Trinajstić information content (AvgIpc) is 2.60. The maximum absolute atomic E-state index is 12.0. The van der Waals surface area contributed by atoms with E-state index in [-0.39, 0.29) is 60.9 Å². The Morgan fingerprint density at radius 1 is 1.04 bits per heavy atom. The molecule has 0 heterocycles. The minimum Gasteiger partial charge on any atom is -0.548 e. The summed E-state index contributed by atoms with van der Waals surface area (Å²) in [6.45, 7) is 2.05. The Labute approximate surface area is 182 Å². The zero-order valence-corrected chi connectivity index (χ0v) is 18.6. The summed E-state index contributed by atoms with van der Waals surface area (Å²) in [6, 6.07) is 9.65. The van der Waals surface area contributed by atoms with Gasteiger partial charge in [-0.1, -0.05) is 37.3 Å². The van der Waals surface area contributed by atoms with E-state index in [1.165, 1.54) is 14.2 Å². The SMILES string of the molecule is CCCOC(=O)C(CC(=O)COC)Cc1ccccc1.COCC(=O)[O-].[Na+]. The standard InChI is InChI=1S/C16H22O4.C3H6O3.Na/c1-3-9-20-16(18)14(11-15(17)12-19-2)10-13-7-5-4-6-8-13;1-6-2-3(4)5;/h4-8,14H,3,9-12H2,1-2H3;2H2,1H3,(H,4,5);/q;;+1/p-1. The van der Waals surface area contributed by atoms with Crippen LogP contribution in [0.25, 0.3) is 0 Å². The first-order valence-corrected chi connectivity index (χ1v) is 8.34. The van der Waals surface area contributed by atoms with Crippen LogP contribution < -0.4 is 34.7 Å². The van der Waals surface area contributed by atoms with Crippen LogP contribution in [0.4, 0.5) is 0 Å². The number of carboxylic acid groups (broad SMARTS) is 1. The van der Waals surface area contributed by atoms with Crippen molar-refractivity contribution in [3.63, 3.8) is 0 Å². The van der Waals surface area contributed by atoms with E-state index in [1.54, 1.807) is 0 Å². The van der Waals surface area contributed by atoms with E-state index in [4.69, 9.17) is 9.47 Å². The second-order valence-corrected chi connectivity index (χ2v) is 5.53. The van der Waals surface area contributed by atoms with Gasteiger partial charge in [0.15, 0.2) is 5.78 Å². The number of rotatable bonds is 11. The van der Waals surface area contributed by atoms with Gasteiger partial charge >= 0.3 is 35.5 Å². The molecular weight excluding hydrogens is 363 g/mol. The van der Waals surface area contributed by atoms with Crippen LogP contribution >= 0.6 is 0 Å². The number of hydrogen-bond donors (Lipinski definition) is 0. The predicted octanol–water partition coefficient (Wildman–Crippen LogP) is -2.21. The molecule has 0 saturated heterocycles. The normalized spacial score (nSPS) is 10.6. The molecule has 0 aliphatic heterocycles. The van der Waals surface area contributed by atoms with Crippen LogP contribution in [0.2, 0.25) is 0 Å². The molecule has 7 nitrogen and oxygen atoms in total. The quantitative estimate of drug-likeness (QED) is 0.312. The van der Waals surface area contributed by atoms with E-state index >= 15 is 0 Å². The molecule has 8 heteroatoms. The molecule has 0 fully saturated rings. The zero-order valence-electron chi connectivity index (χ0n) is 16.6. The summed E-state index contributed by atoms with van der Waals surface area (Å²) in [5, 5.41) is 9.36. The van der Waals surface area contributed by atoms with Gasteiger partial charge in [0.25, 0.3) is 0 Å². The van der Waals surface area contributed by atoms with Crippen LogP contribution in [0.15, 0.2) is 30.3 Å².